The van der Waals surface area contributed by atoms with Crippen LogP contribution in [0.2, 0.25) is 5.02 Å². The van der Waals surface area contributed by atoms with Gasteiger partial charge in [-0.05, 0) is 49.7 Å². The van der Waals surface area contributed by atoms with Crippen molar-refractivity contribution in [1.82, 2.24) is 29.7 Å². The van der Waals surface area contributed by atoms with Gasteiger partial charge in [-0.2, -0.15) is 0 Å². The van der Waals surface area contributed by atoms with Crippen molar-refractivity contribution in [2.75, 3.05) is 0 Å². The second-order valence-electron chi connectivity index (χ2n) is 10.9. The number of aromatic nitrogens is 6. The molecule has 6 rings (SSSR count). The number of hydrogen-bond acceptors (Lipinski definition) is 7. The minimum absolute atomic E-state index is 0.0281. The summed E-state index contributed by atoms with van der Waals surface area (Å²) in [5.74, 6) is 1.27. The monoisotopic (exact) mass is 534 g/mol. The Balaban J connectivity index is 1.56. The molecule has 9 nitrogen and oxygen atoms in total. The highest BCUT2D eigenvalue weighted by Crippen LogP contribution is 2.36. The van der Waals surface area contributed by atoms with E-state index in [1.807, 2.05) is 18.2 Å². The van der Waals surface area contributed by atoms with Crippen molar-refractivity contribution in [1.29, 1.82) is 0 Å². The Hall–Kier alpha value is -3.33. The zero-order valence-electron chi connectivity index (χ0n) is 21.5. The summed E-state index contributed by atoms with van der Waals surface area (Å²) in [7, 11) is 0. The number of nitrogens with one attached hydrogen (secondary N) is 1. The van der Waals surface area contributed by atoms with Gasteiger partial charge in [-0.15, -0.1) is 0 Å². The molecule has 2 saturated carbocycles. The SMILES string of the molecule is C[C@H]1CC[C@H](Cn2c(C(=O)C3CCCCC3)nc3nc(-c4noc(=O)[nH]4)nc(-c4cccc(Cl)c4)c32)CC1. The first-order valence-electron chi connectivity index (χ1n) is 13.6. The third-order valence-corrected chi connectivity index (χ3v) is 8.36. The van der Waals surface area contributed by atoms with Gasteiger partial charge < -0.3 is 4.57 Å². The van der Waals surface area contributed by atoms with Crippen LogP contribution in [0.3, 0.4) is 0 Å². The van der Waals surface area contributed by atoms with Gasteiger partial charge in [0.2, 0.25) is 17.4 Å². The molecule has 0 amide bonds. The van der Waals surface area contributed by atoms with Crippen molar-refractivity contribution >= 4 is 28.5 Å². The molecule has 1 N–H and O–H groups in total. The predicted molar refractivity (Wildman–Crippen MR) is 144 cm³/mol. The summed E-state index contributed by atoms with van der Waals surface area (Å²) >= 11 is 6.38. The fraction of sp³-hybridized carbons (Fsp3) is 0.500. The molecule has 0 atom stereocenters. The van der Waals surface area contributed by atoms with Crippen LogP contribution < -0.4 is 5.76 Å². The predicted octanol–water partition coefficient (Wildman–Crippen LogP) is 6.08. The van der Waals surface area contributed by atoms with E-state index in [1.54, 1.807) is 6.07 Å². The summed E-state index contributed by atoms with van der Waals surface area (Å²) in [6.07, 6.45) is 9.68. The molecule has 0 bridgehead atoms. The highest BCUT2D eigenvalue weighted by molar-refractivity contribution is 6.30. The number of hydrogen-bond donors (Lipinski definition) is 1. The van der Waals surface area contributed by atoms with Crippen LogP contribution in [0.25, 0.3) is 34.1 Å². The number of fused-ring (bicyclic) bond motifs is 1. The average molecular weight is 535 g/mol. The van der Waals surface area contributed by atoms with Crippen LogP contribution in [0.1, 0.15) is 75.3 Å². The van der Waals surface area contributed by atoms with E-state index in [0.717, 1.165) is 50.0 Å². The van der Waals surface area contributed by atoms with E-state index in [1.165, 1.54) is 19.3 Å². The number of nitrogens with zero attached hydrogens (tertiary/aromatic N) is 5. The van der Waals surface area contributed by atoms with Crippen molar-refractivity contribution in [3.05, 3.63) is 45.7 Å². The number of ketones is 1. The molecule has 10 heteroatoms. The molecule has 0 saturated heterocycles. The summed E-state index contributed by atoms with van der Waals surface area (Å²) in [4.78, 5) is 42.4. The van der Waals surface area contributed by atoms with Crippen molar-refractivity contribution in [2.24, 2.45) is 17.8 Å². The van der Waals surface area contributed by atoms with Gasteiger partial charge in [-0.25, -0.2) is 19.7 Å². The van der Waals surface area contributed by atoms with Gasteiger partial charge in [-0.3, -0.25) is 14.3 Å². The Morgan fingerprint density at radius 2 is 1.87 bits per heavy atom. The topological polar surface area (TPSA) is 120 Å². The molecular weight excluding hydrogens is 504 g/mol. The molecule has 2 fully saturated rings. The summed E-state index contributed by atoms with van der Waals surface area (Å²) in [5, 5.41) is 4.35. The minimum atomic E-state index is -0.696. The number of imidazole rings is 1. The first kappa shape index (κ1) is 25.0. The van der Waals surface area contributed by atoms with Gasteiger partial charge in [0.05, 0.1) is 0 Å². The van der Waals surface area contributed by atoms with Crippen LogP contribution in [0.4, 0.5) is 0 Å². The van der Waals surface area contributed by atoms with Crippen LogP contribution in [0.15, 0.2) is 33.6 Å². The number of aromatic amines is 1. The molecule has 2 aliphatic rings. The first-order valence-corrected chi connectivity index (χ1v) is 14.0. The summed E-state index contributed by atoms with van der Waals surface area (Å²) in [6.45, 7) is 3.00. The normalized spacial score (nSPS) is 20.7. The molecule has 3 heterocycles. The fourth-order valence-electron chi connectivity index (χ4n) is 5.99. The van der Waals surface area contributed by atoms with E-state index in [2.05, 4.69) is 26.6 Å². The summed E-state index contributed by atoms with van der Waals surface area (Å²) in [6, 6.07) is 7.42. The van der Waals surface area contributed by atoms with E-state index in [-0.39, 0.29) is 23.3 Å². The van der Waals surface area contributed by atoms with Gasteiger partial charge in [0.15, 0.2) is 11.5 Å². The molecular formula is C28H31ClN6O3. The average Bonchev–Trinajstić information content (AvgIpc) is 3.53. The molecule has 0 aliphatic heterocycles. The lowest BCUT2D eigenvalue weighted by atomic mass is 9.83. The van der Waals surface area contributed by atoms with Crippen LogP contribution in [-0.4, -0.2) is 35.4 Å². The molecule has 2 aliphatic carbocycles. The van der Waals surface area contributed by atoms with Crippen LogP contribution in [-0.2, 0) is 6.54 Å². The van der Waals surface area contributed by atoms with E-state index in [9.17, 15) is 9.59 Å². The number of carbonyl (C=O) groups excluding carboxylic acids is 1. The minimum Gasteiger partial charge on any atom is -0.318 e. The van der Waals surface area contributed by atoms with E-state index in [0.29, 0.717) is 40.2 Å². The van der Waals surface area contributed by atoms with E-state index in [4.69, 9.17) is 26.1 Å². The number of rotatable bonds is 6. The number of Topliss-reactive ketones (excluding diaryl/α,β-unsaturated/α-hetero) is 1. The van der Waals surface area contributed by atoms with Crippen molar-refractivity contribution in [3.8, 4) is 22.9 Å². The largest absolute Gasteiger partial charge is 0.439 e. The maximum atomic E-state index is 13.9. The van der Waals surface area contributed by atoms with Crippen molar-refractivity contribution < 1.29 is 9.32 Å². The molecule has 4 aromatic rings. The van der Waals surface area contributed by atoms with E-state index < -0.39 is 5.76 Å². The zero-order chi connectivity index (χ0) is 26.2. The summed E-state index contributed by atoms with van der Waals surface area (Å²) < 4.78 is 6.78. The molecule has 0 spiro atoms. The smallest absolute Gasteiger partial charge is 0.318 e. The van der Waals surface area contributed by atoms with Crippen LogP contribution in [0, 0.1) is 17.8 Å². The Kier molecular flexibility index (Phi) is 6.86. The van der Waals surface area contributed by atoms with Gasteiger partial charge in [-0.1, -0.05) is 67.9 Å². The quantitative estimate of drug-likeness (QED) is 0.298. The Morgan fingerprint density at radius 1 is 1.08 bits per heavy atom. The van der Waals surface area contributed by atoms with Gasteiger partial charge in [0.25, 0.3) is 0 Å². The Labute approximate surface area is 225 Å². The zero-order valence-corrected chi connectivity index (χ0v) is 22.2. The molecule has 1 aromatic carbocycles. The van der Waals surface area contributed by atoms with Crippen molar-refractivity contribution in [2.45, 2.75) is 71.3 Å². The Bertz CT molecular complexity index is 1530. The van der Waals surface area contributed by atoms with Crippen LogP contribution in [0.5, 0.6) is 0 Å². The second kappa shape index (κ2) is 10.4. The standard InChI is InChI=1S/C28H31ClN6O3/c1-16-10-12-17(13-11-16)15-35-22-21(19-8-5-9-20(29)14-19)30-25(26-33-28(37)38-34-26)31-24(22)32-27(35)23(36)18-6-3-2-4-7-18/h5,8-9,14,16-18H,2-4,6-7,10-13,15H2,1H3,(H,33,34,37)/t16-,17-. The van der Waals surface area contributed by atoms with Crippen molar-refractivity contribution in [3.63, 3.8) is 0 Å². The molecule has 38 heavy (non-hydrogen) atoms. The third kappa shape index (κ3) is 4.91. The molecule has 198 valence electrons. The lowest BCUT2D eigenvalue weighted by Crippen LogP contribution is -2.25. The third-order valence-electron chi connectivity index (χ3n) is 8.13. The highest BCUT2D eigenvalue weighted by atomic mass is 35.5. The van der Waals surface area contributed by atoms with Gasteiger partial charge in [0, 0.05) is 23.0 Å². The number of halogens is 1. The first-order chi connectivity index (χ1) is 18.5. The summed E-state index contributed by atoms with van der Waals surface area (Å²) in [5.41, 5.74) is 2.47. The molecule has 0 radical (unpaired) electrons. The van der Waals surface area contributed by atoms with Gasteiger partial charge in [0.1, 0.15) is 11.2 Å². The molecule has 3 aromatic heterocycles. The number of H-pyrrole nitrogens is 1. The number of benzene rings is 1. The number of carbonyl (C=O) groups is 1. The maximum Gasteiger partial charge on any atom is 0.439 e. The molecule has 0 unspecified atom stereocenters. The van der Waals surface area contributed by atoms with Gasteiger partial charge >= 0.3 is 5.76 Å². The maximum absolute atomic E-state index is 13.9. The van der Waals surface area contributed by atoms with E-state index >= 15 is 0 Å². The highest BCUT2D eigenvalue weighted by Gasteiger charge is 2.31. The fourth-order valence-corrected chi connectivity index (χ4v) is 6.18. The lowest BCUT2D eigenvalue weighted by Gasteiger charge is -2.27. The Morgan fingerprint density at radius 3 is 2.58 bits per heavy atom. The lowest BCUT2D eigenvalue weighted by molar-refractivity contribution is 0.0872. The second-order valence-corrected chi connectivity index (χ2v) is 11.3. The van der Waals surface area contributed by atoms with Crippen LogP contribution >= 0.6 is 11.6 Å².